The molecule has 1 unspecified atom stereocenters. The average Bonchev–Trinajstić information content (AvgIpc) is 2.86. The van der Waals surface area contributed by atoms with Crippen LogP contribution in [0.25, 0.3) is 11.1 Å². The van der Waals surface area contributed by atoms with Crippen molar-refractivity contribution in [3.8, 4) is 11.1 Å². The molecule has 0 bridgehead atoms. The Kier molecular flexibility index (Phi) is 8.66. The van der Waals surface area contributed by atoms with Gasteiger partial charge in [0.05, 0.1) is 4.90 Å². The summed E-state index contributed by atoms with van der Waals surface area (Å²) in [4.78, 5) is 13.1. The van der Waals surface area contributed by atoms with Crippen LogP contribution in [0, 0.1) is 0 Å². The second kappa shape index (κ2) is 11.0. The third kappa shape index (κ3) is 5.97. The van der Waals surface area contributed by atoms with Gasteiger partial charge in [-0.1, -0.05) is 42.5 Å². The predicted octanol–water partition coefficient (Wildman–Crippen LogP) is 5.32. The zero-order chi connectivity index (χ0) is 28.8. The van der Waals surface area contributed by atoms with Crippen LogP contribution in [0.4, 0.5) is 32.0 Å². The average molecular weight is 609 g/mol. The van der Waals surface area contributed by atoms with E-state index in [1.807, 2.05) is 0 Å². The standard InChI is InChI=1S/C26H22F6N2O4S.ClH/c1-39(37,38)20-10-11-21-17(14-20)12-13-33-22(21)23(35)34-19-8-4-16(5-9-19)15-2-6-18(7-3-15)24(36,25(27,28)29)26(30,31)32;/h2-11,14,22,33,36H,12-13H2,1H3,(H,34,35);1H. The number of amides is 1. The fourth-order valence-electron chi connectivity index (χ4n) is 4.36. The Morgan fingerprint density at radius 2 is 1.43 bits per heavy atom. The Morgan fingerprint density at radius 3 is 1.93 bits per heavy atom. The summed E-state index contributed by atoms with van der Waals surface area (Å²) in [6, 6.07) is 13.1. The third-order valence-corrected chi connectivity index (χ3v) is 7.58. The summed E-state index contributed by atoms with van der Waals surface area (Å²) in [6.07, 6.45) is -10.3. The van der Waals surface area contributed by atoms with Crippen molar-refractivity contribution in [2.45, 2.75) is 35.3 Å². The van der Waals surface area contributed by atoms with Crippen molar-refractivity contribution in [3.05, 3.63) is 83.4 Å². The molecule has 3 N–H and O–H groups in total. The smallest absolute Gasteiger partial charge is 0.369 e. The molecule has 0 aromatic heterocycles. The second-order valence-corrected chi connectivity index (χ2v) is 11.1. The summed E-state index contributed by atoms with van der Waals surface area (Å²) in [7, 11) is -3.41. The molecule has 1 aliphatic heterocycles. The number of fused-ring (bicyclic) bond motifs is 1. The van der Waals surface area contributed by atoms with Gasteiger partial charge in [-0.25, -0.2) is 8.42 Å². The van der Waals surface area contributed by atoms with Gasteiger partial charge in [0.25, 0.3) is 5.60 Å². The first-order valence-corrected chi connectivity index (χ1v) is 13.4. The van der Waals surface area contributed by atoms with E-state index in [0.717, 1.165) is 24.0 Å². The van der Waals surface area contributed by atoms with E-state index < -0.39 is 45.3 Å². The molecular formula is C26H23ClF6N2O4S. The summed E-state index contributed by atoms with van der Waals surface area (Å²) in [6.45, 7) is 0.449. The molecule has 1 aliphatic rings. The Balaban J connectivity index is 0.00000441. The number of hydrogen-bond acceptors (Lipinski definition) is 5. The zero-order valence-electron chi connectivity index (χ0n) is 20.6. The SMILES string of the molecule is CS(=O)(=O)c1ccc2c(c1)CCNC2C(=O)Nc1ccc(-c2ccc(C(O)(C(F)(F)F)C(F)(F)F)cc2)cc1.Cl. The van der Waals surface area contributed by atoms with Crippen LogP contribution in [0.3, 0.4) is 0 Å². The van der Waals surface area contributed by atoms with Crippen molar-refractivity contribution in [3.63, 3.8) is 0 Å². The topological polar surface area (TPSA) is 95.5 Å². The van der Waals surface area contributed by atoms with E-state index >= 15 is 0 Å². The minimum atomic E-state index is -5.98. The highest BCUT2D eigenvalue weighted by atomic mass is 35.5. The molecule has 0 saturated carbocycles. The molecule has 6 nitrogen and oxygen atoms in total. The van der Waals surface area contributed by atoms with E-state index in [-0.39, 0.29) is 22.9 Å². The monoisotopic (exact) mass is 608 g/mol. The highest BCUT2D eigenvalue weighted by Crippen LogP contribution is 2.50. The minimum absolute atomic E-state index is 0. The molecule has 0 spiro atoms. The predicted molar refractivity (Wildman–Crippen MR) is 138 cm³/mol. The van der Waals surface area contributed by atoms with Gasteiger partial charge in [-0.15, -0.1) is 12.4 Å². The molecular weight excluding hydrogens is 586 g/mol. The van der Waals surface area contributed by atoms with Gasteiger partial charge in [-0.2, -0.15) is 26.3 Å². The minimum Gasteiger partial charge on any atom is -0.369 e. The Bertz CT molecular complexity index is 1480. The number of rotatable bonds is 5. The number of carbonyl (C=O) groups is 1. The van der Waals surface area contributed by atoms with Crippen molar-refractivity contribution in [1.29, 1.82) is 0 Å². The Hall–Kier alpha value is -3.13. The highest BCUT2D eigenvalue weighted by Gasteiger charge is 2.71. The Labute approximate surface area is 231 Å². The number of benzene rings is 3. The van der Waals surface area contributed by atoms with Crippen LogP contribution in [0.5, 0.6) is 0 Å². The lowest BCUT2D eigenvalue weighted by Crippen LogP contribution is -2.53. The van der Waals surface area contributed by atoms with Crippen LogP contribution in [-0.2, 0) is 26.7 Å². The van der Waals surface area contributed by atoms with Crippen LogP contribution < -0.4 is 10.6 Å². The van der Waals surface area contributed by atoms with Crippen LogP contribution in [0.1, 0.15) is 22.7 Å². The summed E-state index contributed by atoms with van der Waals surface area (Å²) in [5.74, 6) is -0.404. The fourth-order valence-corrected chi connectivity index (χ4v) is 5.03. The molecule has 1 atom stereocenters. The van der Waals surface area contributed by atoms with Gasteiger partial charge in [0.15, 0.2) is 9.84 Å². The largest absolute Gasteiger partial charge is 0.430 e. The highest BCUT2D eigenvalue weighted by molar-refractivity contribution is 7.90. The summed E-state index contributed by atoms with van der Waals surface area (Å²) < 4.78 is 102. The van der Waals surface area contributed by atoms with E-state index in [0.29, 0.717) is 41.9 Å². The molecule has 3 aromatic carbocycles. The maximum atomic E-state index is 13.1. The van der Waals surface area contributed by atoms with Crippen LogP contribution in [-0.4, -0.2) is 44.6 Å². The number of carbonyl (C=O) groups excluding carboxylic acids is 1. The summed E-state index contributed by atoms with van der Waals surface area (Å²) in [5, 5.41) is 15.4. The quantitative estimate of drug-likeness (QED) is 0.341. The first-order valence-electron chi connectivity index (χ1n) is 11.5. The van der Waals surface area contributed by atoms with Gasteiger partial charge in [-0.05, 0) is 52.9 Å². The number of anilines is 1. The van der Waals surface area contributed by atoms with Crippen LogP contribution in [0.15, 0.2) is 71.6 Å². The van der Waals surface area contributed by atoms with Crippen molar-refractivity contribution in [1.82, 2.24) is 5.32 Å². The van der Waals surface area contributed by atoms with Crippen molar-refractivity contribution in [2.75, 3.05) is 18.1 Å². The molecule has 0 aliphatic carbocycles. The van der Waals surface area contributed by atoms with E-state index in [4.69, 9.17) is 0 Å². The second-order valence-electron chi connectivity index (χ2n) is 9.12. The van der Waals surface area contributed by atoms with Gasteiger partial charge in [0.2, 0.25) is 5.91 Å². The lowest BCUT2D eigenvalue weighted by atomic mass is 9.90. The van der Waals surface area contributed by atoms with E-state index in [1.165, 1.54) is 30.3 Å². The first-order chi connectivity index (χ1) is 18.0. The normalized spacial score (nSPS) is 16.1. The van der Waals surface area contributed by atoms with Crippen LogP contribution >= 0.6 is 12.4 Å². The van der Waals surface area contributed by atoms with E-state index in [2.05, 4.69) is 10.6 Å². The molecule has 0 saturated heterocycles. The number of alkyl halides is 6. The molecule has 1 heterocycles. The van der Waals surface area contributed by atoms with E-state index in [9.17, 15) is 44.7 Å². The lowest BCUT2D eigenvalue weighted by Gasteiger charge is -2.32. The van der Waals surface area contributed by atoms with Crippen molar-refractivity contribution < 1.29 is 44.7 Å². The number of hydrogen-bond donors (Lipinski definition) is 3. The molecule has 3 aromatic rings. The summed E-state index contributed by atoms with van der Waals surface area (Å²) >= 11 is 0. The van der Waals surface area contributed by atoms with Crippen molar-refractivity contribution >= 4 is 33.8 Å². The maximum absolute atomic E-state index is 13.1. The molecule has 1 amide bonds. The first kappa shape index (κ1) is 31.4. The molecule has 0 radical (unpaired) electrons. The number of nitrogens with one attached hydrogen (secondary N) is 2. The van der Waals surface area contributed by atoms with Crippen LogP contribution in [0.2, 0.25) is 0 Å². The van der Waals surface area contributed by atoms with Gasteiger partial charge < -0.3 is 15.7 Å². The molecule has 14 heteroatoms. The molecule has 0 fully saturated rings. The van der Waals surface area contributed by atoms with E-state index in [1.54, 1.807) is 12.1 Å². The fraction of sp³-hybridized carbons (Fsp3) is 0.269. The Morgan fingerprint density at radius 1 is 0.900 bits per heavy atom. The molecule has 216 valence electrons. The van der Waals surface area contributed by atoms with Crippen molar-refractivity contribution in [2.24, 2.45) is 0 Å². The zero-order valence-corrected chi connectivity index (χ0v) is 22.2. The molecule has 4 rings (SSSR count). The van der Waals surface area contributed by atoms with Gasteiger partial charge in [-0.3, -0.25) is 4.79 Å². The van der Waals surface area contributed by atoms with Gasteiger partial charge in [0, 0.05) is 24.1 Å². The lowest BCUT2D eigenvalue weighted by molar-refractivity contribution is -0.376. The number of halogens is 7. The third-order valence-electron chi connectivity index (χ3n) is 6.47. The van der Waals surface area contributed by atoms with Gasteiger partial charge in [0.1, 0.15) is 6.04 Å². The number of sulfone groups is 1. The maximum Gasteiger partial charge on any atom is 0.430 e. The van der Waals surface area contributed by atoms with Gasteiger partial charge >= 0.3 is 12.4 Å². The molecule has 40 heavy (non-hydrogen) atoms. The summed E-state index contributed by atoms with van der Waals surface area (Å²) in [5.41, 5.74) is -3.89. The number of aliphatic hydroxyl groups is 1.